The van der Waals surface area contributed by atoms with Crippen LogP contribution >= 0.6 is 0 Å². The number of hydrogen-bond donors (Lipinski definition) is 1. The molecular formula is C21H24N2O2. The van der Waals surface area contributed by atoms with Crippen LogP contribution in [0.25, 0.3) is 0 Å². The number of benzene rings is 2. The van der Waals surface area contributed by atoms with Crippen molar-refractivity contribution in [1.82, 2.24) is 0 Å². The molecule has 1 saturated heterocycles. The third-order valence-corrected chi connectivity index (χ3v) is 4.98. The number of carbonyl (C=O) groups is 2. The van der Waals surface area contributed by atoms with E-state index >= 15 is 0 Å². The fourth-order valence-corrected chi connectivity index (χ4v) is 3.39. The van der Waals surface area contributed by atoms with E-state index in [9.17, 15) is 9.59 Å². The zero-order valence-electron chi connectivity index (χ0n) is 15.2. The van der Waals surface area contributed by atoms with Crippen molar-refractivity contribution in [2.24, 2.45) is 5.92 Å². The van der Waals surface area contributed by atoms with Crippen molar-refractivity contribution in [3.05, 3.63) is 58.7 Å². The fourth-order valence-electron chi connectivity index (χ4n) is 3.39. The van der Waals surface area contributed by atoms with E-state index in [1.54, 1.807) is 4.90 Å². The standard InChI is InChI=1S/C21H24N2O2/c1-13-8-9-18(10-16(13)4)22-21(25)17-11-19(24)23(12-17)20-14(2)6-5-7-15(20)3/h5-10,17H,11-12H2,1-4H3,(H,22,25)/t17-/m0/s1. The largest absolute Gasteiger partial charge is 0.326 e. The second-order valence-corrected chi connectivity index (χ2v) is 6.93. The SMILES string of the molecule is Cc1ccc(NC(=O)[C@H]2CC(=O)N(c3c(C)cccc3C)C2)cc1C. The van der Waals surface area contributed by atoms with Crippen molar-refractivity contribution < 1.29 is 9.59 Å². The van der Waals surface area contributed by atoms with Crippen LogP contribution in [-0.2, 0) is 9.59 Å². The lowest BCUT2D eigenvalue weighted by molar-refractivity contribution is -0.122. The molecule has 0 unspecified atom stereocenters. The van der Waals surface area contributed by atoms with Crippen LogP contribution in [-0.4, -0.2) is 18.4 Å². The van der Waals surface area contributed by atoms with Crippen molar-refractivity contribution in [1.29, 1.82) is 0 Å². The van der Waals surface area contributed by atoms with E-state index in [1.807, 2.05) is 64.1 Å². The molecule has 2 aromatic carbocycles. The van der Waals surface area contributed by atoms with E-state index in [1.165, 1.54) is 5.56 Å². The molecule has 4 nitrogen and oxygen atoms in total. The minimum Gasteiger partial charge on any atom is -0.326 e. The van der Waals surface area contributed by atoms with Gasteiger partial charge in [-0.05, 0) is 62.1 Å². The molecule has 2 aromatic rings. The number of carbonyl (C=O) groups excluding carboxylic acids is 2. The second kappa shape index (κ2) is 6.71. The van der Waals surface area contributed by atoms with Gasteiger partial charge in [0.25, 0.3) is 0 Å². The minimum atomic E-state index is -0.326. The third-order valence-electron chi connectivity index (χ3n) is 4.98. The number of nitrogens with one attached hydrogen (secondary N) is 1. The Kier molecular flexibility index (Phi) is 4.62. The summed E-state index contributed by atoms with van der Waals surface area (Å²) >= 11 is 0. The normalized spacial score (nSPS) is 17.0. The fraction of sp³-hybridized carbons (Fsp3) is 0.333. The van der Waals surface area contributed by atoms with E-state index in [-0.39, 0.29) is 24.2 Å². The van der Waals surface area contributed by atoms with Crippen LogP contribution in [0.4, 0.5) is 11.4 Å². The number of hydrogen-bond acceptors (Lipinski definition) is 2. The first-order chi connectivity index (χ1) is 11.9. The maximum Gasteiger partial charge on any atom is 0.229 e. The lowest BCUT2D eigenvalue weighted by Gasteiger charge is -2.21. The molecule has 0 aliphatic carbocycles. The van der Waals surface area contributed by atoms with Gasteiger partial charge >= 0.3 is 0 Å². The summed E-state index contributed by atoms with van der Waals surface area (Å²) in [5, 5.41) is 2.96. The molecule has 1 N–H and O–H groups in total. The molecule has 2 amide bonds. The summed E-state index contributed by atoms with van der Waals surface area (Å²) in [6.07, 6.45) is 0.254. The maximum absolute atomic E-state index is 12.6. The number of nitrogens with zero attached hydrogens (tertiary/aromatic N) is 1. The van der Waals surface area contributed by atoms with Crippen LogP contribution in [0.3, 0.4) is 0 Å². The van der Waals surface area contributed by atoms with Gasteiger partial charge in [-0.3, -0.25) is 9.59 Å². The van der Waals surface area contributed by atoms with Crippen LogP contribution in [0.15, 0.2) is 36.4 Å². The molecule has 3 rings (SSSR count). The highest BCUT2D eigenvalue weighted by molar-refractivity contribution is 6.04. The summed E-state index contributed by atoms with van der Waals surface area (Å²) in [7, 11) is 0. The van der Waals surface area contributed by atoms with Crippen molar-refractivity contribution in [2.75, 3.05) is 16.8 Å². The summed E-state index contributed by atoms with van der Waals surface area (Å²) in [5.74, 6) is -0.406. The summed E-state index contributed by atoms with van der Waals surface area (Å²) in [6, 6.07) is 11.8. The molecule has 0 aromatic heterocycles. The lowest BCUT2D eigenvalue weighted by atomic mass is 10.1. The smallest absolute Gasteiger partial charge is 0.229 e. The monoisotopic (exact) mass is 336 g/mol. The van der Waals surface area contributed by atoms with Gasteiger partial charge in [0.2, 0.25) is 11.8 Å². The summed E-state index contributed by atoms with van der Waals surface area (Å²) in [4.78, 5) is 26.9. The first kappa shape index (κ1) is 17.2. The summed E-state index contributed by atoms with van der Waals surface area (Å²) < 4.78 is 0. The molecule has 1 fully saturated rings. The Hall–Kier alpha value is -2.62. The first-order valence-electron chi connectivity index (χ1n) is 8.61. The third kappa shape index (κ3) is 3.43. The highest BCUT2D eigenvalue weighted by Gasteiger charge is 2.36. The molecule has 0 spiro atoms. The molecule has 1 heterocycles. The topological polar surface area (TPSA) is 49.4 Å². The van der Waals surface area contributed by atoms with Crippen LogP contribution < -0.4 is 10.2 Å². The highest BCUT2D eigenvalue weighted by Crippen LogP contribution is 2.31. The van der Waals surface area contributed by atoms with Crippen molar-refractivity contribution >= 4 is 23.2 Å². The van der Waals surface area contributed by atoms with Crippen molar-refractivity contribution in [3.63, 3.8) is 0 Å². The molecule has 0 bridgehead atoms. The molecule has 1 aliphatic heterocycles. The molecule has 0 radical (unpaired) electrons. The molecule has 0 saturated carbocycles. The van der Waals surface area contributed by atoms with Gasteiger partial charge in [-0.25, -0.2) is 0 Å². The summed E-state index contributed by atoms with van der Waals surface area (Å²) in [6.45, 7) is 8.49. The average Bonchev–Trinajstić information content (AvgIpc) is 2.93. The number of amides is 2. The Balaban J connectivity index is 1.75. The second-order valence-electron chi connectivity index (χ2n) is 6.93. The zero-order valence-corrected chi connectivity index (χ0v) is 15.2. The van der Waals surface area contributed by atoms with E-state index in [0.717, 1.165) is 28.1 Å². The van der Waals surface area contributed by atoms with Gasteiger partial charge in [0, 0.05) is 24.3 Å². The summed E-state index contributed by atoms with van der Waals surface area (Å²) in [5.41, 5.74) is 6.17. The van der Waals surface area contributed by atoms with Crippen molar-refractivity contribution in [3.8, 4) is 0 Å². The van der Waals surface area contributed by atoms with Gasteiger partial charge in [0.05, 0.1) is 5.92 Å². The van der Waals surface area contributed by atoms with E-state index < -0.39 is 0 Å². The maximum atomic E-state index is 12.6. The van der Waals surface area contributed by atoms with E-state index in [4.69, 9.17) is 0 Å². The molecule has 1 aliphatic rings. The van der Waals surface area contributed by atoms with Gasteiger partial charge in [-0.2, -0.15) is 0 Å². The van der Waals surface area contributed by atoms with Gasteiger partial charge in [0.1, 0.15) is 0 Å². The number of rotatable bonds is 3. The first-order valence-corrected chi connectivity index (χ1v) is 8.61. The van der Waals surface area contributed by atoms with Crippen LogP contribution in [0.1, 0.15) is 28.7 Å². The number of aryl methyl sites for hydroxylation is 4. The molecule has 4 heteroatoms. The van der Waals surface area contributed by atoms with E-state index in [0.29, 0.717) is 6.54 Å². The number of anilines is 2. The van der Waals surface area contributed by atoms with Crippen LogP contribution in [0.2, 0.25) is 0 Å². The van der Waals surface area contributed by atoms with Gasteiger partial charge in [-0.1, -0.05) is 24.3 Å². The minimum absolute atomic E-state index is 0.0117. The Labute approximate surface area is 148 Å². The average molecular weight is 336 g/mol. The highest BCUT2D eigenvalue weighted by atomic mass is 16.2. The Morgan fingerprint density at radius 3 is 2.32 bits per heavy atom. The molecule has 25 heavy (non-hydrogen) atoms. The van der Waals surface area contributed by atoms with Crippen molar-refractivity contribution in [2.45, 2.75) is 34.1 Å². The molecular weight excluding hydrogens is 312 g/mol. The lowest BCUT2D eigenvalue weighted by Crippen LogP contribution is -2.29. The van der Waals surface area contributed by atoms with Crippen LogP contribution in [0, 0.1) is 33.6 Å². The molecule has 1 atom stereocenters. The zero-order chi connectivity index (χ0) is 18.1. The van der Waals surface area contributed by atoms with Crippen LogP contribution in [0.5, 0.6) is 0 Å². The Bertz CT molecular complexity index is 822. The Morgan fingerprint density at radius 2 is 1.68 bits per heavy atom. The van der Waals surface area contributed by atoms with Gasteiger partial charge < -0.3 is 10.2 Å². The quantitative estimate of drug-likeness (QED) is 0.924. The van der Waals surface area contributed by atoms with Gasteiger partial charge in [-0.15, -0.1) is 0 Å². The van der Waals surface area contributed by atoms with Gasteiger partial charge in [0.15, 0.2) is 0 Å². The Morgan fingerprint density at radius 1 is 1.00 bits per heavy atom. The number of para-hydroxylation sites is 1. The predicted octanol–water partition coefficient (Wildman–Crippen LogP) is 3.91. The van der Waals surface area contributed by atoms with E-state index in [2.05, 4.69) is 5.32 Å². The predicted molar refractivity (Wildman–Crippen MR) is 101 cm³/mol. The molecule has 130 valence electrons.